The molecule has 1 saturated heterocycles. The summed E-state index contributed by atoms with van der Waals surface area (Å²) in [6, 6.07) is 19.8. The number of hydrogen-bond donors (Lipinski definition) is 1. The van der Waals surface area contributed by atoms with Gasteiger partial charge in [-0.3, -0.25) is 9.69 Å². The quantitative estimate of drug-likeness (QED) is 0.533. The Morgan fingerprint density at radius 3 is 2.30 bits per heavy atom. The van der Waals surface area contributed by atoms with Crippen molar-refractivity contribution in [3.05, 3.63) is 76.5 Å². The number of carbonyl (C=O) groups is 1. The van der Waals surface area contributed by atoms with Crippen LogP contribution in [0.2, 0.25) is 0 Å². The molecule has 1 amide bonds. The highest BCUT2D eigenvalue weighted by Gasteiger charge is 2.31. The van der Waals surface area contributed by atoms with Crippen LogP contribution in [0.3, 0.4) is 0 Å². The second-order valence-electron chi connectivity index (χ2n) is 8.18. The lowest BCUT2D eigenvalue weighted by Gasteiger charge is -2.42. The summed E-state index contributed by atoms with van der Waals surface area (Å²) in [5.41, 5.74) is 1.82. The molecule has 1 fully saturated rings. The molecule has 0 bridgehead atoms. The number of piperazine rings is 1. The number of nitrogens with zero attached hydrogens (tertiary/aromatic N) is 2. The van der Waals surface area contributed by atoms with Crippen LogP contribution in [-0.2, 0) is 0 Å². The molecule has 0 unspecified atom stereocenters. The summed E-state index contributed by atoms with van der Waals surface area (Å²) in [5, 5.41) is 5.34. The lowest BCUT2D eigenvalue weighted by Crippen LogP contribution is -2.52. The molecule has 1 aromatic heterocycles. The molecule has 3 aromatic rings. The molecule has 2 heterocycles. The Morgan fingerprint density at radius 1 is 0.939 bits per heavy atom. The summed E-state index contributed by atoms with van der Waals surface area (Å²) in [6.45, 7) is 5.82. The van der Waals surface area contributed by atoms with Crippen molar-refractivity contribution in [2.45, 2.75) is 19.0 Å². The Balaban J connectivity index is 1.44. The third-order valence-electron chi connectivity index (χ3n) is 6.14. The van der Waals surface area contributed by atoms with Crippen molar-refractivity contribution >= 4 is 22.9 Å². The van der Waals surface area contributed by atoms with Gasteiger partial charge in [0.1, 0.15) is 11.5 Å². The Kier molecular flexibility index (Phi) is 7.52. The Labute approximate surface area is 199 Å². The van der Waals surface area contributed by atoms with E-state index in [-0.39, 0.29) is 18.0 Å². The maximum absolute atomic E-state index is 13.0. The fourth-order valence-corrected chi connectivity index (χ4v) is 5.35. The van der Waals surface area contributed by atoms with Crippen LogP contribution in [0.25, 0.3) is 0 Å². The van der Waals surface area contributed by atoms with Crippen LogP contribution in [0.4, 0.5) is 5.69 Å². The van der Waals surface area contributed by atoms with Gasteiger partial charge in [0, 0.05) is 48.3 Å². The van der Waals surface area contributed by atoms with Gasteiger partial charge >= 0.3 is 0 Å². The number of rotatable bonds is 8. The van der Waals surface area contributed by atoms with Gasteiger partial charge in [-0.15, -0.1) is 11.3 Å². The predicted octanol–water partition coefficient (Wildman–Crippen LogP) is 4.45. The van der Waals surface area contributed by atoms with Crippen LogP contribution >= 0.6 is 11.3 Å². The Bertz CT molecular complexity index is 1030. The fraction of sp³-hybridized carbons (Fsp3) is 0.346. The average molecular weight is 466 g/mol. The molecule has 1 aliphatic rings. The molecule has 6 nitrogen and oxygen atoms in total. The highest BCUT2D eigenvalue weighted by molar-refractivity contribution is 7.10. The third-order valence-corrected chi connectivity index (χ3v) is 7.09. The van der Waals surface area contributed by atoms with Crippen molar-refractivity contribution in [1.29, 1.82) is 0 Å². The zero-order valence-electron chi connectivity index (χ0n) is 19.4. The number of anilines is 1. The monoisotopic (exact) mass is 465 g/mol. The van der Waals surface area contributed by atoms with Crippen molar-refractivity contribution in [1.82, 2.24) is 10.2 Å². The minimum Gasteiger partial charge on any atom is -0.497 e. The van der Waals surface area contributed by atoms with Crippen molar-refractivity contribution in [2.75, 3.05) is 45.3 Å². The molecule has 1 N–H and O–H groups in total. The minimum absolute atomic E-state index is 0.0464. The Morgan fingerprint density at radius 2 is 1.67 bits per heavy atom. The largest absolute Gasteiger partial charge is 0.497 e. The van der Waals surface area contributed by atoms with Crippen LogP contribution < -0.4 is 19.7 Å². The zero-order valence-corrected chi connectivity index (χ0v) is 20.2. The van der Waals surface area contributed by atoms with E-state index in [1.807, 2.05) is 30.3 Å². The average Bonchev–Trinajstić information content (AvgIpc) is 3.39. The van der Waals surface area contributed by atoms with Crippen LogP contribution in [0.1, 0.15) is 28.2 Å². The molecule has 2 atom stereocenters. The molecule has 2 aromatic carbocycles. The summed E-state index contributed by atoms with van der Waals surface area (Å²) in [6.07, 6.45) is 0. The summed E-state index contributed by atoms with van der Waals surface area (Å²) in [5.74, 6) is 1.47. The first-order valence-electron chi connectivity index (χ1n) is 11.2. The van der Waals surface area contributed by atoms with E-state index in [2.05, 4.69) is 51.7 Å². The summed E-state index contributed by atoms with van der Waals surface area (Å²) >= 11 is 1.74. The topological polar surface area (TPSA) is 54.0 Å². The van der Waals surface area contributed by atoms with Crippen molar-refractivity contribution < 1.29 is 14.3 Å². The Hall–Kier alpha value is -3.03. The molecule has 0 aliphatic carbocycles. The summed E-state index contributed by atoms with van der Waals surface area (Å²) in [7, 11) is 3.30. The predicted molar refractivity (Wildman–Crippen MR) is 134 cm³/mol. The smallest absolute Gasteiger partial charge is 0.251 e. The second kappa shape index (κ2) is 10.7. The van der Waals surface area contributed by atoms with Crippen molar-refractivity contribution in [3.63, 3.8) is 0 Å². The lowest BCUT2D eigenvalue weighted by molar-refractivity contribution is 0.0890. The number of ether oxygens (including phenoxy) is 2. The van der Waals surface area contributed by atoms with E-state index in [1.165, 1.54) is 10.6 Å². The third kappa shape index (κ3) is 5.49. The van der Waals surface area contributed by atoms with Gasteiger partial charge < -0.3 is 19.7 Å². The second-order valence-corrected chi connectivity index (χ2v) is 9.15. The summed E-state index contributed by atoms with van der Waals surface area (Å²) < 4.78 is 10.6. The maximum Gasteiger partial charge on any atom is 0.251 e. The molecule has 0 radical (unpaired) electrons. The van der Waals surface area contributed by atoms with Gasteiger partial charge in [-0.05, 0) is 60.8 Å². The SMILES string of the molecule is COc1ccc(N2CCN([C@@H](c3cccs3)[C@H](C)NC(=O)c3cccc(OC)c3)CC2)cc1. The number of nitrogens with one attached hydrogen (secondary N) is 1. The number of benzene rings is 2. The first kappa shape index (κ1) is 23.1. The summed E-state index contributed by atoms with van der Waals surface area (Å²) in [4.78, 5) is 19.1. The molecular weight excluding hydrogens is 434 g/mol. The van der Waals surface area contributed by atoms with Crippen LogP contribution in [-0.4, -0.2) is 57.2 Å². The van der Waals surface area contributed by atoms with Gasteiger partial charge in [0.2, 0.25) is 0 Å². The highest BCUT2D eigenvalue weighted by Crippen LogP contribution is 2.31. The fourth-order valence-electron chi connectivity index (χ4n) is 4.39. The molecule has 7 heteroatoms. The van der Waals surface area contributed by atoms with E-state index < -0.39 is 0 Å². The molecule has 174 valence electrons. The molecule has 0 saturated carbocycles. The van der Waals surface area contributed by atoms with E-state index in [4.69, 9.17) is 9.47 Å². The highest BCUT2D eigenvalue weighted by atomic mass is 32.1. The number of thiophene rings is 1. The molecule has 33 heavy (non-hydrogen) atoms. The first-order valence-corrected chi connectivity index (χ1v) is 12.1. The number of carbonyl (C=O) groups excluding carboxylic acids is 1. The van der Waals surface area contributed by atoms with Crippen LogP contribution in [0, 0.1) is 0 Å². The normalized spacial score (nSPS) is 16.2. The molecule has 4 rings (SSSR count). The van der Waals surface area contributed by atoms with Crippen LogP contribution in [0.5, 0.6) is 11.5 Å². The molecule has 0 spiro atoms. The van der Waals surface area contributed by atoms with Crippen molar-refractivity contribution in [3.8, 4) is 11.5 Å². The lowest BCUT2D eigenvalue weighted by atomic mass is 10.0. The molecular formula is C26H31N3O3S. The number of hydrogen-bond acceptors (Lipinski definition) is 6. The first-order chi connectivity index (χ1) is 16.1. The van der Waals surface area contributed by atoms with Gasteiger partial charge in [0.25, 0.3) is 5.91 Å². The van der Waals surface area contributed by atoms with Crippen LogP contribution in [0.15, 0.2) is 66.0 Å². The van der Waals surface area contributed by atoms with Gasteiger partial charge in [-0.25, -0.2) is 0 Å². The zero-order chi connectivity index (χ0) is 23.2. The van der Waals surface area contributed by atoms with E-state index >= 15 is 0 Å². The van der Waals surface area contributed by atoms with E-state index in [0.29, 0.717) is 11.3 Å². The van der Waals surface area contributed by atoms with Crippen molar-refractivity contribution in [2.24, 2.45) is 0 Å². The van der Waals surface area contributed by atoms with Gasteiger partial charge in [0.15, 0.2) is 0 Å². The van der Waals surface area contributed by atoms with E-state index in [9.17, 15) is 4.79 Å². The number of amides is 1. The van der Waals surface area contributed by atoms with Gasteiger partial charge in [-0.1, -0.05) is 12.1 Å². The molecule has 1 aliphatic heterocycles. The maximum atomic E-state index is 13.0. The van der Waals surface area contributed by atoms with Gasteiger partial charge in [-0.2, -0.15) is 0 Å². The standard InChI is InChI=1S/C26H31N3O3S/c1-19(27-26(30)20-6-4-7-23(18-20)32-3)25(24-8-5-17-33-24)29-15-13-28(14-16-29)21-9-11-22(31-2)12-10-21/h4-12,17-19,25H,13-16H2,1-3H3,(H,27,30)/t19-,25+/m0/s1. The van der Waals surface area contributed by atoms with E-state index in [0.717, 1.165) is 31.9 Å². The minimum atomic E-state index is -0.0835. The van der Waals surface area contributed by atoms with Gasteiger partial charge in [0.05, 0.1) is 20.3 Å². The van der Waals surface area contributed by atoms with E-state index in [1.54, 1.807) is 31.6 Å². The number of methoxy groups -OCH3 is 2.